The second-order valence-corrected chi connectivity index (χ2v) is 5.28. The number of benzene rings is 1. The lowest BCUT2D eigenvalue weighted by Gasteiger charge is -2.10. The molecule has 3 rings (SSSR count). The minimum atomic E-state index is 0.539. The molecular formula is C15H16N2O2S. The Kier molecular flexibility index (Phi) is 3.44. The van der Waals surface area contributed by atoms with E-state index in [-0.39, 0.29) is 0 Å². The Morgan fingerprint density at radius 2 is 1.90 bits per heavy atom. The number of H-pyrrole nitrogens is 1. The molecule has 1 fully saturated rings. The fraction of sp³-hybridized carbons (Fsp3) is 0.333. The molecule has 0 atom stereocenters. The van der Waals surface area contributed by atoms with Crippen molar-refractivity contribution in [3.8, 4) is 22.8 Å². The van der Waals surface area contributed by atoms with E-state index in [1.165, 1.54) is 12.8 Å². The topological polar surface area (TPSA) is 47.1 Å². The standard InChI is InChI=1S/C15H16N2O2S/c1-18-12-6-5-10(7-13(12)19-2)11-8-14(20)17-15(16-11)9-3-4-9/h5-9H,3-4H2,1-2H3,(H,16,17,20). The summed E-state index contributed by atoms with van der Waals surface area (Å²) in [7, 11) is 3.26. The summed E-state index contributed by atoms with van der Waals surface area (Å²) in [5.74, 6) is 2.94. The van der Waals surface area contributed by atoms with Gasteiger partial charge in [-0.25, -0.2) is 4.98 Å². The van der Waals surface area contributed by atoms with Gasteiger partial charge in [0.2, 0.25) is 0 Å². The lowest BCUT2D eigenvalue weighted by Crippen LogP contribution is -1.96. The average Bonchev–Trinajstić information content (AvgIpc) is 3.30. The maximum Gasteiger partial charge on any atom is 0.161 e. The Morgan fingerprint density at radius 3 is 2.55 bits per heavy atom. The Bertz CT molecular complexity index is 693. The van der Waals surface area contributed by atoms with Crippen LogP contribution < -0.4 is 9.47 Å². The van der Waals surface area contributed by atoms with Crippen LogP contribution >= 0.6 is 12.2 Å². The quantitative estimate of drug-likeness (QED) is 0.871. The van der Waals surface area contributed by atoms with E-state index in [1.807, 2.05) is 24.3 Å². The summed E-state index contributed by atoms with van der Waals surface area (Å²) in [4.78, 5) is 7.78. The minimum absolute atomic E-state index is 0.539. The van der Waals surface area contributed by atoms with E-state index in [1.54, 1.807) is 14.2 Å². The van der Waals surface area contributed by atoms with E-state index in [0.29, 0.717) is 22.1 Å². The third kappa shape index (κ3) is 2.54. The van der Waals surface area contributed by atoms with E-state index < -0.39 is 0 Å². The van der Waals surface area contributed by atoms with Gasteiger partial charge in [0.05, 0.1) is 14.2 Å². The molecule has 0 amide bonds. The van der Waals surface area contributed by atoms with Crippen LogP contribution in [-0.4, -0.2) is 24.2 Å². The highest BCUT2D eigenvalue weighted by Crippen LogP contribution is 2.39. The molecule has 20 heavy (non-hydrogen) atoms. The molecule has 1 heterocycles. The molecule has 5 heteroatoms. The number of hydrogen-bond donors (Lipinski definition) is 1. The summed E-state index contributed by atoms with van der Waals surface area (Å²) < 4.78 is 11.2. The van der Waals surface area contributed by atoms with E-state index in [2.05, 4.69) is 9.97 Å². The predicted molar refractivity (Wildman–Crippen MR) is 79.9 cm³/mol. The minimum Gasteiger partial charge on any atom is -0.493 e. The van der Waals surface area contributed by atoms with Crippen LogP contribution in [-0.2, 0) is 0 Å². The molecule has 1 aliphatic carbocycles. The first kappa shape index (κ1) is 13.1. The summed E-state index contributed by atoms with van der Waals surface area (Å²) in [6, 6.07) is 7.69. The fourth-order valence-corrected chi connectivity index (χ4v) is 2.40. The fourth-order valence-electron chi connectivity index (χ4n) is 2.19. The molecule has 0 unspecified atom stereocenters. The number of ether oxygens (including phenoxy) is 2. The van der Waals surface area contributed by atoms with Crippen LogP contribution in [0.2, 0.25) is 0 Å². The van der Waals surface area contributed by atoms with Crippen molar-refractivity contribution in [3.63, 3.8) is 0 Å². The Labute approximate surface area is 122 Å². The number of nitrogens with zero attached hydrogens (tertiary/aromatic N) is 1. The van der Waals surface area contributed by atoms with Crippen molar-refractivity contribution in [1.29, 1.82) is 0 Å². The highest BCUT2D eigenvalue weighted by atomic mass is 32.1. The maximum absolute atomic E-state index is 5.34. The first-order valence-electron chi connectivity index (χ1n) is 6.55. The molecule has 0 aliphatic heterocycles. The number of rotatable bonds is 4. The van der Waals surface area contributed by atoms with Crippen molar-refractivity contribution >= 4 is 12.2 Å². The van der Waals surface area contributed by atoms with Gasteiger partial charge in [-0.1, -0.05) is 12.2 Å². The molecule has 1 aliphatic rings. The van der Waals surface area contributed by atoms with E-state index in [4.69, 9.17) is 21.7 Å². The molecular weight excluding hydrogens is 272 g/mol. The van der Waals surface area contributed by atoms with E-state index >= 15 is 0 Å². The molecule has 4 nitrogen and oxygen atoms in total. The zero-order valence-corrected chi connectivity index (χ0v) is 12.3. The van der Waals surface area contributed by atoms with Gasteiger partial charge in [0.1, 0.15) is 10.5 Å². The monoisotopic (exact) mass is 288 g/mol. The number of methoxy groups -OCH3 is 2. The number of aromatic amines is 1. The lowest BCUT2D eigenvalue weighted by molar-refractivity contribution is 0.355. The molecule has 0 spiro atoms. The zero-order valence-electron chi connectivity index (χ0n) is 11.5. The van der Waals surface area contributed by atoms with Crippen LogP contribution in [0.5, 0.6) is 11.5 Å². The van der Waals surface area contributed by atoms with Gasteiger partial charge >= 0.3 is 0 Å². The van der Waals surface area contributed by atoms with Gasteiger partial charge in [0, 0.05) is 17.2 Å². The molecule has 1 aromatic heterocycles. The molecule has 0 radical (unpaired) electrons. The van der Waals surface area contributed by atoms with E-state index in [9.17, 15) is 0 Å². The molecule has 1 saturated carbocycles. The predicted octanol–water partition coefficient (Wildman–Crippen LogP) is 3.70. The average molecular weight is 288 g/mol. The summed E-state index contributed by atoms with van der Waals surface area (Å²) in [5.41, 5.74) is 1.98. The Morgan fingerprint density at radius 1 is 1.15 bits per heavy atom. The van der Waals surface area contributed by atoms with Crippen LogP contribution in [0.4, 0.5) is 0 Å². The molecule has 0 bridgehead atoms. The van der Waals surface area contributed by atoms with Crippen LogP contribution in [0.3, 0.4) is 0 Å². The normalized spacial score (nSPS) is 14.1. The van der Waals surface area contributed by atoms with Gasteiger partial charge in [-0.3, -0.25) is 0 Å². The van der Waals surface area contributed by atoms with Gasteiger partial charge in [0.25, 0.3) is 0 Å². The first-order valence-corrected chi connectivity index (χ1v) is 6.95. The SMILES string of the molecule is COc1ccc(-c2cc(=S)nc(C3CC3)[nH]2)cc1OC. The van der Waals surface area contributed by atoms with Gasteiger partial charge < -0.3 is 14.5 Å². The summed E-state index contributed by atoms with van der Waals surface area (Å²) >= 11 is 5.26. The lowest BCUT2D eigenvalue weighted by atomic mass is 10.1. The highest BCUT2D eigenvalue weighted by molar-refractivity contribution is 7.71. The van der Waals surface area contributed by atoms with Crippen LogP contribution in [0.25, 0.3) is 11.3 Å². The Balaban J connectivity index is 2.06. The molecule has 0 saturated heterocycles. The van der Waals surface area contributed by atoms with Crippen LogP contribution in [0.1, 0.15) is 24.6 Å². The number of aromatic nitrogens is 2. The van der Waals surface area contributed by atoms with Gasteiger partial charge in [-0.05, 0) is 37.1 Å². The second-order valence-electron chi connectivity index (χ2n) is 4.86. The van der Waals surface area contributed by atoms with Gasteiger partial charge in [-0.15, -0.1) is 0 Å². The molecule has 104 valence electrons. The third-order valence-corrected chi connectivity index (χ3v) is 3.63. The molecule has 1 N–H and O–H groups in total. The van der Waals surface area contributed by atoms with Crippen molar-refractivity contribution < 1.29 is 9.47 Å². The van der Waals surface area contributed by atoms with Crippen LogP contribution in [0, 0.1) is 4.64 Å². The Hall–Kier alpha value is -1.88. The highest BCUT2D eigenvalue weighted by Gasteiger charge is 2.26. The van der Waals surface area contributed by atoms with Crippen molar-refractivity contribution in [3.05, 3.63) is 34.7 Å². The first-order chi connectivity index (χ1) is 9.71. The van der Waals surface area contributed by atoms with E-state index in [0.717, 1.165) is 17.1 Å². The molecule has 1 aromatic carbocycles. The van der Waals surface area contributed by atoms with Crippen LogP contribution in [0.15, 0.2) is 24.3 Å². The van der Waals surface area contributed by atoms with Crippen molar-refractivity contribution in [2.45, 2.75) is 18.8 Å². The number of nitrogens with one attached hydrogen (secondary N) is 1. The van der Waals surface area contributed by atoms with Gasteiger partial charge in [0.15, 0.2) is 11.5 Å². The smallest absolute Gasteiger partial charge is 0.161 e. The number of hydrogen-bond acceptors (Lipinski definition) is 4. The summed E-state index contributed by atoms with van der Waals surface area (Å²) in [6.45, 7) is 0. The summed E-state index contributed by atoms with van der Waals surface area (Å²) in [5, 5.41) is 0. The van der Waals surface area contributed by atoms with Gasteiger partial charge in [-0.2, -0.15) is 0 Å². The third-order valence-electron chi connectivity index (χ3n) is 3.42. The van der Waals surface area contributed by atoms with Crippen molar-refractivity contribution in [1.82, 2.24) is 9.97 Å². The zero-order chi connectivity index (χ0) is 14.1. The summed E-state index contributed by atoms with van der Waals surface area (Å²) in [6.07, 6.45) is 2.38. The molecule has 2 aromatic rings. The van der Waals surface area contributed by atoms with Crippen molar-refractivity contribution in [2.24, 2.45) is 0 Å². The van der Waals surface area contributed by atoms with Crippen molar-refractivity contribution in [2.75, 3.05) is 14.2 Å². The second kappa shape index (κ2) is 5.25. The maximum atomic E-state index is 5.34. The largest absolute Gasteiger partial charge is 0.493 e.